The molecule has 0 aliphatic carbocycles. The lowest BCUT2D eigenvalue weighted by Crippen LogP contribution is -2.47. The summed E-state index contributed by atoms with van der Waals surface area (Å²) in [6.45, 7) is 10.8. The Morgan fingerprint density at radius 2 is 1.89 bits per heavy atom. The average Bonchev–Trinajstić information content (AvgIpc) is 3.35. The lowest BCUT2D eigenvalue weighted by atomic mass is 10.1. The predicted octanol–water partition coefficient (Wildman–Crippen LogP) is 1.93. The summed E-state index contributed by atoms with van der Waals surface area (Å²) in [7, 11) is 0. The first-order valence-corrected chi connectivity index (χ1v) is 9.89. The van der Waals surface area contributed by atoms with Crippen molar-refractivity contribution in [3.8, 4) is 11.5 Å². The second-order valence-corrected chi connectivity index (χ2v) is 7.16. The molecule has 0 radical (unpaired) electrons. The number of fused-ring (bicyclic) bond motifs is 1. The molecule has 1 unspecified atom stereocenters. The van der Waals surface area contributed by atoms with Crippen LogP contribution in [0.2, 0.25) is 0 Å². The number of ether oxygens (including phenoxy) is 2. The number of piperazine rings is 1. The molecule has 2 aliphatic heterocycles. The fourth-order valence-electron chi connectivity index (χ4n) is 3.91. The summed E-state index contributed by atoms with van der Waals surface area (Å²) in [6, 6.07) is 6.28. The Morgan fingerprint density at radius 1 is 1.07 bits per heavy atom. The van der Waals surface area contributed by atoms with E-state index in [2.05, 4.69) is 39.2 Å². The largest absolute Gasteiger partial charge is 0.454 e. The number of hydrogen-bond donors (Lipinski definition) is 0. The van der Waals surface area contributed by atoms with Crippen LogP contribution in [0.5, 0.6) is 11.5 Å². The summed E-state index contributed by atoms with van der Waals surface area (Å²) < 4.78 is 12.8. The highest BCUT2D eigenvalue weighted by atomic mass is 16.7. The number of likely N-dealkylation sites (N-methyl/N-ethyl adjacent to an activating group) is 1. The van der Waals surface area contributed by atoms with Gasteiger partial charge in [-0.2, -0.15) is 0 Å². The molecule has 1 fully saturated rings. The molecule has 8 nitrogen and oxygen atoms in total. The zero-order valence-electron chi connectivity index (χ0n) is 16.2. The van der Waals surface area contributed by atoms with Gasteiger partial charge in [0.1, 0.15) is 0 Å². The summed E-state index contributed by atoms with van der Waals surface area (Å²) in [5, 5.41) is 12.7. The van der Waals surface area contributed by atoms with E-state index in [4.69, 9.17) is 9.47 Å². The molecule has 0 N–H and O–H groups in total. The van der Waals surface area contributed by atoms with E-state index in [0.29, 0.717) is 6.54 Å². The molecule has 1 atom stereocenters. The quantitative estimate of drug-likeness (QED) is 0.735. The fraction of sp³-hybridized carbons (Fsp3) is 0.632. The number of tetrazole rings is 1. The van der Waals surface area contributed by atoms with E-state index < -0.39 is 0 Å². The number of nitrogens with zero attached hydrogens (tertiary/aromatic N) is 6. The van der Waals surface area contributed by atoms with Crippen LogP contribution in [0.4, 0.5) is 0 Å². The smallest absolute Gasteiger partial charge is 0.231 e. The Hall–Kier alpha value is -2.19. The van der Waals surface area contributed by atoms with E-state index in [1.807, 2.05) is 22.9 Å². The maximum Gasteiger partial charge on any atom is 0.231 e. The van der Waals surface area contributed by atoms with Gasteiger partial charge in [0.2, 0.25) is 6.79 Å². The predicted molar refractivity (Wildman–Crippen MR) is 101 cm³/mol. The molecular formula is C19H28N6O2. The van der Waals surface area contributed by atoms with Crippen molar-refractivity contribution in [1.82, 2.24) is 30.0 Å². The van der Waals surface area contributed by atoms with Crippen molar-refractivity contribution in [3.05, 3.63) is 29.6 Å². The molecule has 3 heterocycles. The van der Waals surface area contributed by atoms with Crippen LogP contribution in [-0.4, -0.2) is 69.5 Å². The minimum Gasteiger partial charge on any atom is -0.454 e. The molecule has 1 aromatic heterocycles. The monoisotopic (exact) mass is 372 g/mol. The van der Waals surface area contributed by atoms with Crippen LogP contribution >= 0.6 is 0 Å². The van der Waals surface area contributed by atoms with Gasteiger partial charge in [0, 0.05) is 26.2 Å². The third-order valence-corrected chi connectivity index (χ3v) is 5.48. The molecule has 0 spiro atoms. The van der Waals surface area contributed by atoms with Crippen LogP contribution < -0.4 is 9.47 Å². The third-order valence-electron chi connectivity index (χ3n) is 5.48. The fourth-order valence-corrected chi connectivity index (χ4v) is 3.91. The van der Waals surface area contributed by atoms with Gasteiger partial charge >= 0.3 is 0 Å². The summed E-state index contributed by atoms with van der Waals surface area (Å²) in [6.07, 6.45) is 2.17. The second kappa shape index (κ2) is 8.22. The van der Waals surface area contributed by atoms with E-state index in [-0.39, 0.29) is 12.8 Å². The maximum absolute atomic E-state index is 5.49. The molecule has 1 saturated heterocycles. The lowest BCUT2D eigenvalue weighted by Gasteiger charge is -2.38. The van der Waals surface area contributed by atoms with Crippen molar-refractivity contribution < 1.29 is 9.47 Å². The van der Waals surface area contributed by atoms with Crippen molar-refractivity contribution in [1.29, 1.82) is 0 Å². The number of rotatable bonds is 7. The van der Waals surface area contributed by atoms with Gasteiger partial charge in [-0.3, -0.25) is 4.90 Å². The van der Waals surface area contributed by atoms with E-state index >= 15 is 0 Å². The Kier molecular flexibility index (Phi) is 5.54. The molecule has 0 saturated carbocycles. The van der Waals surface area contributed by atoms with Gasteiger partial charge in [0.25, 0.3) is 0 Å². The van der Waals surface area contributed by atoms with Gasteiger partial charge in [-0.05, 0) is 41.1 Å². The minimum atomic E-state index is 0.262. The molecule has 27 heavy (non-hydrogen) atoms. The van der Waals surface area contributed by atoms with Crippen molar-refractivity contribution >= 4 is 0 Å². The molecule has 0 amide bonds. The molecule has 4 rings (SSSR count). The Balaban J connectivity index is 1.52. The molecule has 0 bridgehead atoms. The van der Waals surface area contributed by atoms with Gasteiger partial charge in [0.05, 0.1) is 12.6 Å². The van der Waals surface area contributed by atoms with Crippen LogP contribution in [0.15, 0.2) is 18.2 Å². The number of benzene rings is 1. The maximum atomic E-state index is 5.49. The van der Waals surface area contributed by atoms with Gasteiger partial charge in [-0.15, -0.1) is 5.10 Å². The van der Waals surface area contributed by atoms with Crippen LogP contribution in [0, 0.1) is 0 Å². The van der Waals surface area contributed by atoms with Crippen molar-refractivity contribution in [2.75, 3.05) is 39.5 Å². The molecule has 2 aromatic rings. The second-order valence-electron chi connectivity index (χ2n) is 7.16. The standard InChI is InChI=1S/C19H28N6O2/c1-3-5-16(24-10-8-23(4-2)9-11-24)19-20-21-22-25(19)13-15-6-7-17-18(12-15)27-14-26-17/h6-7,12,16H,3-5,8-11,13-14H2,1-2H3. The summed E-state index contributed by atoms with van der Waals surface area (Å²) in [5.74, 6) is 2.55. The van der Waals surface area contributed by atoms with Crippen LogP contribution in [0.3, 0.4) is 0 Å². The highest BCUT2D eigenvalue weighted by molar-refractivity contribution is 5.44. The first-order chi connectivity index (χ1) is 13.3. The molecule has 1 aromatic carbocycles. The first kappa shape index (κ1) is 18.2. The normalized spacial score (nSPS) is 18.7. The van der Waals surface area contributed by atoms with Gasteiger partial charge in [-0.25, -0.2) is 4.68 Å². The number of hydrogen-bond acceptors (Lipinski definition) is 7. The molecular weight excluding hydrogens is 344 g/mol. The van der Waals surface area contributed by atoms with Crippen molar-refractivity contribution in [3.63, 3.8) is 0 Å². The van der Waals surface area contributed by atoms with Crippen molar-refractivity contribution in [2.45, 2.75) is 39.3 Å². The SMILES string of the molecule is CCCC(c1nnnn1Cc1ccc2c(c1)OCO2)N1CCN(CC)CC1. The van der Waals surface area contributed by atoms with Crippen molar-refractivity contribution in [2.24, 2.45) is 0 Å². The summed E-state index contributed by atoms with van der Waals surface area (Å²) in [4.78, 5) is 5.03. The van der Waals surface area contributed by atoms with Crippen LogP contribution in [0.25, 0.3) is 0 Å². The highest BCUT2D eigenvalue weighted by Crippen LogP contribution is 2.33. The van der Waals surface area contributed by atoms with E-state index in [9.17, 15) is 0 Å². The summed E-state index contributed by atoms with van der Waals surface area (Å²) in [5.41, 5.74) is 1.11. The first-order valence-electron chi connectivity index (χ1n) is 9.89. The molecule has 146 valence electrons. The lowest BCUT2D eigenvalue weighted by molar-refractivity contribution is 0.0889. The zero-order valence-corrected chi connectivity index (χ0v) is 16.2. The highest BCUT2D eigenvalue weighted by Gasteiger charge is 2.28. The Morgan fingerprint density at radius 3 is 2.67 bits per heavy atom. The topological polar surface area (TPSA) is 68.5 Å². The summed E-state index contributed by atoms with van der Waals surface area (Å²) >= 11 is 0. The Labute approximate surface area is 160 Å². The van der Waals surface area contributed by atoms with Gasteiger partial charge in [-0.1, -0.05) is 26.3 Å². The van der Waals surface area contributed by atoms with Crippen LogP contribution in [-0.2, 0) is 6.54 Å². The zero-order chi connectivity index (χ0) is 18.6. The van der Waals surface area contributed by atoms with E-state index in [1.54, 1.807) is 0 Å². The van der Waals surface area contributed by atoms with Gasteiger partial charge in [0.15, 0.2) is 17.3 Å². The minimum absolute atomic E-state index is 0.262. The third kappa shape index (κ3) is 3.91. The Bertz CT molecular complexity index is 756. The molecule has 8 heteroatoms. The average molecular weight is 372 g/mol. The number of aromatic nitrogens is 4. The van der Waals surface area contributed by atoms with Gasteiger partial charge < -0.3 is 14.4 Å². The van der Waals surface area contributed by atoms with Crippen LogP contribution in [0.1, 0.15) is 44.1 Å². The van der Waals surface area contributed by atoms with E-state index in [1.165, 1.54) is 0 Å². The molecule has 2 aliphatic rings. The van der Waals surface area contributed by atoms with E-state index in [0.717, 1.165) is 68.5 Å².